The molecule has 23 heavy (non-hydrogen) atoms. The van der Waals surface area contributed by atoms with Crippen LogP contribution in [-0.2, 0) is 11.3 Å². The maximum Gasteiger partial charge on any atom is 0.0717 e. The second-order valence-corrected chi connectivity index (χ2v) is 6.67. The largest absolute Gasteiger partial charge is 0.376 e. The smallest absolute Gasteiger partial charge is 0.0717 e. The molecule has 2 rings (SSSR count). The molecule has 0 aromatic heterocycles. The van der Waals surface area contributed by atoms with E-state index in [1.54, 1.807) is 0 Å². The third-order valence-electron chi connectivity index (χ3n) is 4.94. The van der Waals surface area contributed by atoms with Gasteiger partial charge in [0.15, 0.2) is 0 Å². The first-order valence-corrected chi connectivity index (χ1v) is 9.22. The SMILES string of the molecule is CC=CCCOCc1ccc(C2CCC(C/C=C/C)CC2)cc1. The standard InChI is InChI=1S/C22H32O/c1-3-5-7-17-23-18-20-11-15-22(16-12-20)21-13-9-19(10-14-21)8-6-4-2/h3-6,11-12,15-16,19,21H,7-10,13-14,17-18H2,1-2H3/b5-3?,6-4+. The van der Waals surface area contributed by atoms with Gasteiger partial charge in [-0.1, -0.05) is 48.6 Å². The van der Waals surface area contributed by atoms with E-state index in [4.69, 9.17) is 4.74 Å². The van der Waals surface area contributed by atoms with E-state index in [0.717, 1.165) is 31.5 Å². The van der Waals surface area contributed by atoms with Crippen molar-refractivity contribution in [2.75, 3.05) is 6.61 Å². The highest BCUT2D eigenvalue weighted by atomic mass is 16.5. The molecule has 126 valence electrons. The predicted octanol–water partition coefficient (Wildman–Crippen LogP) is 6.41. The Labute approximate surface area is 142 Å². The lowest BCUT2D eigenvalue weighted by atomic mass is 9.77. The summed E-state index contributed by atoms with van der Waals surface area (Å²) < 4.78 is 5.70. The third kappa shape index (κ3) is 6.35. The normalized spacial score (nSPS) is 22.2. The molecule has 0 bridgehead atoms. The fraction of sp³-hybridized carbons (Fsp3) is 0.545. The summed E-state index contributed by atoms with van der Waals surface area (Å²) in [5.74, 6) is 1.67. The van der Waals surface area contributed by atoms with Crippen LogP contribution in [0.2, 0.25) is 0 Å². The van der Waals surface area contributed by atoms with Crippen LogP contribution in [0.4, 0.5) is 0 Å². The van der Waals surface area contributed by atoms with Gasteiger partial charge in [-0.2, -0.15) is 0 Å². The van der Waals surface area contributed by atoms with Crippen LogP contribution in [0.5, 0.6) is 0 Å². The molecule has 0 radical (unpaired) electrons. The summed E-state index contributed by atoms with van der Waals surface area (Å²) in [4.78, 5) is 0. The van der Waals surface area contributed by atoms with E-state index < -0.39 is 0 Å². The molecule has 1 aromatic carbocycles. The van der Waals surface area contributed by atoms with Crippen molar-refractivity contribution in [3.8, 4) is 0 Å². The quantitative estimate of drug-likeness (QED) is 0.398. The number of hydrogen-bond donors (Lipinski definition) is 0. The number of allylic oxidation sites excluding steroid dienone is 3. The van der Waals surface area contributed by atoms with Crippen molar-refractivity contribution in [2.45, 2.75) is 64.9 Å². The molecule has 1 fully saturated rings. The fourth-order valence-corrected chi connectivity index (χ4v) is 3.45. The van der Waals surface area contributed by atoms with Crippen LogP contribution < -0.4 is 0 Å². The van der Waals surface area contributed by atoms with Gasteiger partial charge in [0.25, 0.3) is 0 Å². The maximum atomic E-state index is 5.70. The van der Waals surface area contributed by atoms with Gasteiger partial charge in [0, 0.05) is 0 Å². The Kier molecular flexibility index (Phi) is 8.17. The van der Waals surface area contributed by atoms with Crippen LogP contribution in [-0.4, -0.2) is 6.61 Å². The summed E-state index contributed by atoms with van der Waals surface area (Å²) in [5, 5.41) is 0. The highest BCUT2D eigenvalue weighted by Crippen LogP contribution is 2.37. The van der Waals surface area contributed by atoms with Gasteiger partial charge in [-0.25, -0.2) is 0 Å². The zero-order valence-electron chi connectivity index (χ0n) is 14.8. The minimum Gasteiger partial charge on any atom is -0.376 e. The summed E-state index contributed by atoms with van der Waals surface area (Å²) in [6, 6.07) is 9.14. The lowest BCUT2D eigenvalue weighted by Gasteiger charge is -2.28. The van der Waals surface area contributed by atoms with Crippen molar-refractivity contribution in [2.24, 2.45) is 5.92 Å². The van der Waals surface area contributed by atoms with Crippen molar-refractivity contribution in [1.29, 1.82) is 0 Å². The number of hydrogen-bond acceptors (Lipinski definition) is 1. The minimum atomic E-state index is 0.730. The fourth-order valence-electron chi connectivity index (χ4n) is 3.45. The van der Waals surface area contributed by atoms with Gasteiger partial charge in [0.05, 0.1) is 13.2 Å². The Morgan fingerprint density at radius 1 is 0.957 bits per heavy atom. The zero-order valence-corrected chi connectivity index (χ0v) is 14.8. The summed E-state index contributed by atoms with van der Waals surface area (Å²) in [5.41, 5.74) is 2.81. The lowest BCUT2D eigenvalue weighted by molar-refractivity contribution is 0.125. The first-order valence-electron chi connectivity index (χ1n) is 9.22. The van der Waals surface area contributed by atoms with E-state index in [1.807, 2.05) is 6.92 Å². The maximum absolute atomic E-state index is 5.70. The van der Waals surface area contributed by atoms with Gasteiger partial charge in [-0.3, -0.25) is 0 Å². The molecule has 1 aliphatic carbocycles. The average molecular weight is 312 g/mol. The van der Waals surface area contributed by atoms with E-state index in [9.17, 15) is 0 Å². The lowest BCUT2D eigenvalue weighted by Crippen LogP contribution is -2.12. The summed E-state index contributed by atoms with van der Waals surface area (Å²) in [6.45, 7) is 5.71. The monoisotopic (exact) mass is 312 g/mol. The Balaban J connectivity index is 1.74. The molecule has 0 saturated heterocycles. The van der Waals surface area contributed by atoms with Crippen molar-refractivity contribution >= 4 is 0 Å². The zero-order chi connectivity index (χ0) is 16.3. The van der Waals surface area contributed by atoms with Crippen LogP contribution in [0.15, 0.2) is 48.6 Å². The van der Waals surface area contributed by atoms with Crippen molar-refractivity contribution in [3.05, 3.63) is 59.7 Å². The topological polar surface area (TPSA) is 9.23 Å². The molecule has 0 unspecified atom stereocenters. The molecule has 0 spiro atoms. The molecule has 0 N–H and O–H groups in total. The van der Waals surface area contributed by atoms with E-state index in [2.05, 4.69) is 55.5 Å². The van der Waals surface area contributed by atoms with Gasteiger partial charge in [0.2, 0.25) is 0 Å². The molecule has 1 aliphatic rings. The second-order valence-electron chi connectivity index (χ2n) is 6.67. The number of ether oxygens (including phenoxy) is 1. The Morgan fingerprint density at radius 3 is 2.30 bits per heavy atom. The Bertz CT molecular complexity index is 475. The summed E-state index contributed by atoms with van der Waals surface area (Å²) in [6.07, 6.45) is 16.5. The van der Waals surface area contributed by atoms with Crippen LogP contribution in [0.25, 0.3) is 0 Å². The number of rotatable bonds is 8. The highest BCUT2D eigenvalue weighted by Gasteiger charge is 2.21. The van der Waals surface area contributed by atoms with Crippen LogP contribution in [0, 0.1) is 5.92 Å². The van der Waals surface area contributed by atoms with E-state index in [0.29, 0.717) is 0 Å². The average Bonchev–Trinajstić information content (AvgIpc) is 2.61. The van der Waals surface area contributed by atoms with Gasteiger partial charge >= 0.3 is 0 Å². The van der Waals surface area contributed by atoms with Crippen molar-refractivity contribution in [3.63, 3.8) is 0 Å². The molecular formula is C22H32O. The van der Waals surface area contributed by atoms with E-state index in [1.165, 1.54) is 43.2 Å². The molecule has 0 heterocycles. The van der Waals surface area contributed by atoms with Crippen molar-refractivity contribution in [1.82, 2.24) is 0 Å². The first kappa shape index (κ1) is 18.0. The summed E-state index contributed by atoms with van der Waals surface area (Å²) >= 11 is 0. The minimum absolute atomic E-state index is 0.730. The predicted molar refractivity (Wildman–Crippen MR) is 99.7 cm³/mol. The molecular weight excluding hydrogens is 280 g/mol. The Morgan fingerprint density at radius 2 is 1.65 bits per heavy atom. The summed E-state index contributed by atoms with van der Waals surface area (Å²) in [7, 11) is 0. The van der Waals surface area contributed by atoms with Gasteiger partial charge in [-0.05, 0) is 75.3 Å². The van der Waals surface area contributed by atoms with Gasteiger partial charge < -0.3 is 4.74 Å². The molecule has 1 nitrogen and oxygen atoms in total. The van der Waals surface area contributed by atoms with Gasteiger partial charge in [-0.15, -0.1) is 0 Å². The molecule has 1 saturated carbocycles. The van der Waals surface area contributed by atoms with Crippen LogP contribution in [0.1, 0.15) is 69.4 Å². The molecule has 1 heteroatoms. The molecule has 1 aromatic rings. The Hall–Kier alpha value is -1.34. The molecule has 0 amide bonds. The molecule has 0 aliphatic heterocycles. The van der Waals surface area contributed by atoms with Crippen molar-refractivity contribution < 1.29 is 4.74 Å². The van der Waals surface area contributed by atoms with Crippen LogP contribution in [0.3, 0.4) is 0 Å². The number of benzene rings is 1. The second kappa shape index (κ2) is 10.4. The van der Waals surface area contributed by atoms with E-state index >= 15 is 0 Å². The first-order chi connectivity index (χ1) is 11.3. The van der Waals surface area contributed by atoms with Crippen LogP contribution >= 0.6 is 0 Å². The third-order valence-corrected chi connectivity index (χ3v) is 4.94. The van der Waals surface area contributed by atoms with Gasteiger partial charge in [0.1, 0.15) is 0 Å². The molecule has 0 atom stereocenters. The van der Waals surface area contributed by atoms with E-state index in [-0.39, 0.29) is 0 Å². The highest BCUT2D eigenvalue weighted by molar-refractivity contribution is 5.25.